The van der Waals surface area contributed by atoms with E-state index in [1.165, 1.54) is 0 Å². The maximum Gasteiger partial charge on any atom is 2.00 e. The third-order valence-corrected chi connectivity index (χ3v) is 1.11. The summed E-state index contributed by atoms with van der Waals surface area (Å²) < 4.78 is 0. The minimum absolute atomic E-state index is 0. The van der Waals surface area contributed by atoms with Crippen molar-refractivity contribution in [1.29, 1.82) is 0 Å². The van der Waals surface area contributed by atoms with Crippen LogP contribution in [-0.4, -0.2) is 63.2 Å². The van der Waals surface area contributed by atoms with Gasteiger partial charge in [0.1, 0.15) is 5.69 Å². The second-order valence-corrected chi connectivity index (χ2v) is 2.02. The summed E-state index contributed by atoms with van der Waals surface area (Å²) in [4.78, 5) is 16.0. The summed E-state index contributed by atoms with van der Waals surface area (Å²) >= 11 is 0. The number of rotatable bonds is 1. The summed E-state index contributed by atoms with van der Waals surface area (Å²) in [6.07, 6.45) is 4.69. The fourth-order valence-electron chi connectivity index (χ4n) is 0.662. The van der Waals surface area contributed by atoms with Gasteiger partial charge in [-0.1, -0.05) is 0 Å². The molecular weight excluding hydrogens is 445 g/mol. The molecule has 0 aromatic carbocycles. The van der Waals surface area contributed by atoms with Crippen molar-refractivity contribution in [3.63, 3.8) is 0 Å². The van der Waals surface area contributed by atoms with Crippen LogP contribution in [0.15, 0.2) is 18.6 Å². The van der Waals surface area contributed by atoms with Gasteiger partial charge in [-0.15, -0.1) is 0 Å². The van der Waals surface area contributed by atoms with Crippen molar-refractivity contribution in [3.8, 4) is 11.5 Å². The second-order valence-electron chi connectivity index (χ2n) is 2.02. The minimum Gasteiger partial charge on any atom is -0.457 e. The van der Waals surface area contributed by atoms with Crippen LogP contribution in [0.2, 0.25) is 0 Å². The van der Waals surface area contributed by atoms with Crippen LogP contribution in [0.5, 0.6) is 0 Å². The van der Waals surface area contributed by atoms with Crippen LogP contribution in [0.3, 0.4) is 0 Å². The summed E-state index contributed by atoms with van der Waals surface area (Å²) in [5.41, 5.74) is 0.581. The summed E-state index contributed by atoms with van der Waals surface area (Å²) in [6.45, 7) is 0. The van der Waals surface area contributed by atoms with E-state index >= 15 is 0 Å². The average Bonchev–Trinajstić information content (AvgIpc) is 2.71. The Kier molecular flexibility index (Phi) is 13.9. The molecule has 13 heteroatoms. The van der Waals surface area contributed by atoms with Crippen molar-refractivity contribution < 1.29 is 16.0 Å². The molecule has 18 heavy (non-hydrogen) atoms. The van der Waals surface area contributed by atoms with Crippen molar-refractivity contribution in [2.75, 3.05) is 0 Å². The van der Waals surface area contributed by atoms with Crippen LogP contribution in [0.25, 0.3) is 11.5 Å². The zero-order chi connectivity index (χ0) is 11.1. The molecule has 12 nitrogen and oxygen atoms in total. The first-order valence-corrected chi connectivity index (χ1v) is 3.47. The van der Waals surface area contributed by atoms with E-state index in [4.69, 9.17) is 15.3 Å². The summed E-state index contributed by atoms with van der Waals surface area (Å²) in [6, 6.07) is 0. The van der Waals surface area contributed by atoms with E-state index in [1.807, 2.05) is 0 Å². The van der Waals surface area contributed by atoms with E-state index in [2.05, 4.69) is 30.6 Å². The first-order chi connectivity index (χ1) is 7.20. The van der Waals surface area contributed by atoms with E-state index in [0.29, 0.717) is 11.5 Å². The zero-order valence-electron chi connectivity index (χ0n) is 8.66. The molecule has 2 aromatic heterocycles. The van der Waals surface area contributed by atoms with Gasteiger partial charge >= 0.3 is 27.3 Å². The molecule has 2 aromatic rings. The Labute approximate surface area is 119 Å². The molecule has 0 atom stereocenters. The Morgan fingerprint density at radius 3 is 2.28 bits per heavy atom. The molecule has 0 spiro atoms. The Bertz CT molecular complexity index is 407. The van der Waals surface area contributed by atoms with Gasteiger partial charge in [0.05, 0.1) is 17.1 Å². The average molecular weight is 453 g/mol. The van der Waals surface area contributed by atoms with Crippen molar-refractivity contribution >= 4 is 27.3 Å². The van der Waals surface area contributed by atoms with Crippen LogP contribution in [0.4, 0.5) is 0 Å². The molecule has 5 N–H and O–H groups in total. The molecule has 0 amide bonds. The fraction of sp³-hybridized carbons (Fsp3) is 0. The first-order valence-electron chi connectivity index (χ1n) is 3.47. The maximum atomic E-state index is 8.25. The molecule has 2 heterocycles. The fourth-order valence-corrected chi connectivity index (χ4v) is 0.662. The van der Waals surface area contributed by atoms with Gasteiger partial charge in [0.25, 0.3) is 0 Å². The maximum absolute atomic E-state index is 8.25. The number of tetrazole rings is 1. The van der Waals surface area contributed by atoms with Crippen LogP contribution in [0, 0.1) is 15.3 Å². The Hall–Kier alpha value is -1.81. The molecule has 0 bridgehead atoms. The summed E-state index contributed by atoms with van der Waals surface area (Å²) in [7, 11) is 0. The van der Waals surface area contributed by atoms with Crippen LogP contribution < -0.4 is 5.21 Å². The van der Waals surface area contributed by atoms with Crippen LogP contribution >= 0.6 is 0 Å². The van der Waals surface area contributed by atoms with E-state index in [0.717, 1.165) is 0 Å². The second kappa shape index (κ2) is 11.7. The normalized spacial score (nSPS) is 7.33. The molecule has 2 rings (SSSR count). The summed E-state index contributed by atoms with van der Waals surface area (Å²) in [5, 5.41) is 28.6. The molecule has 0 aliphatic rings. The number of aromatic nitrogens is 6. The molecule has 0 unspecified atom stereocenters. The standard InChI is InChI=1S/C5H3N6.NO3.2H2O.Pb/c1-2-7-4(3-6-1)5-8-10-11-9-5;2-1(3)4;;;/h1-3H;;2*1H2;/q2*-1;;;+2/p+1. The van der Waals surface area contributed by atoms with Crippen molar-refractivity contribution in [2.24, 2.45) is 0 Å². The first kappa shape index (κ1) is 21.5. The molecule has 96 valence electrons. The van der Waals surface area contributed by atoms with Crippen LogP contribution in [-0.2, 0) is 5.48 Å². The zero-order valence-corrected chi connectivity index (χ0v) is 12.6. The molecular formula is C5H8N7O5Pb+. The molecule has 0 aliphatic carbocycles. The van der Waals surface area contributed by atoms with E-state index in [1.54, 1.807) is 18.6 Å². The predicted molar refractivity (Wildman–Crippen MR) is 58.8 cm³/mol. The van der Waals surface area contributed by atoms with E-state index in [9.17, 15) is 0 Å². The topological polar surface area (TPSA) is 209 Å². The quantitative estimate of drug-likeness (QED) is 0.185. The number of hydrogen-bond acceptors (Lipinski definition) is 8. The van der Waals surface area contributed by atoms with E-state index < -0.39 is 5.09 Å². The van der Waals surface area contributed by atoms with Gasteiger partial charge in [0.2, 0.25) is 0 Å². The van der Waals surface area contributed by atoms with Crippen molar-refractivity contribution in [3.05, 3.63) is 33.9 Å². The van der Waals surface area contributed by atoms with Gasteiger partial charge in [0.15, 0.2) is 0 Å². The van der Waals surface area contributed by atoms with Crippen LogP contribution in [0.1, 0.15) is 0 Å². The molecule has 0 fully saturated rings. The number of hydrogen-bond donors (Lipinski definition) is 0. The smallest absolute Gasteiger partial charge is 0.457 e. The monoisotopic (exact) mass is 454 g/mol. The Morgan fingerprint density at radius 2 is 1.89 bits per heavy atom. The Morgan fingerprint density at radius 1 is 1.28 bits per heavy atom. The largest absolute Gasteiger partial charge is 2.00 e. The molecule has 2 radical (unpaired) electrons. The van der Waals surface area contributed by atoms with Gasteiger partial charge in [-0.05, 0) is 0 Å². The Balaban J connectivity index is -0.000000289. The minimum atomic E-state index is -1.75. The third kappa shape index (κ3) is 8.36. The van der Waals surface area contributed by atoms with Crippen molar-refractivity contribution in [1.82, 2.24) is 30.6 Å². The van der Waals surface area contributed by atoms with Crippen molar-refractivity contribution in [2.45, 2.75) is 0 Å². The van der Waals surface area contributed by atoms with E-state index in [-0.39, 0.29) is 38.3 Å². The molecule has 0 saturated heterocycles. The summed E-state index contributed by atoms with van der Waals surface area (Å²) in [5.74, 6) is 0.401. The number of nitrogens with zero attached hydrogens (tertiary/aromatic N) is 7. The van der Waals surface area contributed by atoms with Gasteiger partial charge in [-0.2, -0.15) is 0 Å². The van der Waals surface area contributed by atoms with Gasteiger partial charge in [0, 0.05) is 12.4 Å². The van der Waals surface area contributed by atoms with Gasteiger partial charge < -0.3 is 31.4 Å². The third-order valence-electron chi connectivity index (χ3n) is 1.11. The van der Waals surface area contributed by atoms with Gasteiger partial charge in [-0.3, -0.25) is 20.4 Å². The SMILES string of the molecule is O.O=[N+]([O-])[O-].[OH3+].[Pb+2].c1cnc(-c2nn[n-]n2)cn1. The molecule has 0 aliphatic heterocycles. The molecule has 0 saturated carbocycles. The predicted octanol–water partition coefficient (Wildman–Crippen LogP) is -3.08. The van der Waals surface area contributed by atoms with Gasteiger partial charge in [-0.25, -0.2) is 5.10 Å².